The highest BCUT2D eigenvalue weighted by Crippen LogP contribution is 2.46. The first-order chi connectivity index (χ1) is 11.9. The number of ether oxygens (including phenoxy) is 1. The molecule has 1 aliphatic carbocycles. The van der Waals surface area contributed by atoms with E-state index in [-0.39, 0.29) is 27.7 Å². The first kappa shape index (κ1) is 17.4. The number of benzene rings is 1. The normalized spacial score (nSPS) is 15.0. The van der Waals surface area contributed by atoms with Crippen LogP contribution in [0.25, 0.3) is 0 Å². The van der Waals surface area contributed by atoms with Gasteiger partial charge in [-0.3, -0.25) is 4.79 Å². The molecule has 1 atom stereocenters. The lowest BCUT2D eigenvalue weighted by atomic mass is 9.98. The summed E-state index contributed by atoms with van der Waals surface area (Å²) in [5, 5.41) is 12.4. The summed E-state index contributed by atoms with van der Waals surface area (Å²) in [5.41, 5.74) is -0.641. The summed E-state index contributed by atoms with van der Waals surface area (Å²) in [5.74, 6) is -3.14. The Hall–Kier alpha value is -2.39. The molecule has 3 rings (SSSR count). The molecule has 0 bridgehead atoms. The summed E-state index contributed by atoms with van der Waals surface area (Å²) in [4.78, 5) is 23.9. The predicted octanol–water partition coefficient (Wildman–Crippen LogP) is 2.37. The topological polar surface area (TPSA) is 113 Å². The van der Waals surface area contributed by atoms with Crippen LogP contribution in [0.4, 0.5) is 4.39 Å². The number of methoxy groups -OCH3 is 1. The third kappa shape index (κ3) is 3.00. The lowest BCUT2D eigenvalue weighted by Crippen LogP contribution is -2.15. The lowest BCUT2D eigenvalue weighted by molar-refractivity contribution is 0.0682. The fourth-order valence-electron chi connectivity index (χ4n) is 2.66. The molecule has 1 fully saturated rings. The summed E-state index contributed by atoms with van der Waals surface area (Å²) in [6.45, 7) is 0. The van der Waals surface area contributed by atoms with Crippen molar-refractivity contribution in [2.45, 2.75) is 23.7 Å². The van der Waals surface area contributed by atoms with E-state index in [0.717, 1.165) is 19.1 Å². The third-order valence-corrected chi connectivity index (χ3v) is 4.95. The van der Waals surface area contributed by atoms with Gasteiger partial charge in [0.2, 0.25) is 22.1 Å². The predicted molar refractivity (Wildman–Crippen MR) is 84.2 cm³/mol. The Morgan fingerprint density at radius 3 is 2.64 bits per heavy atom. The van der Waals surface area contributed by atoms with Crippen molar-refractivity contribution >= 4 is 22.9 Å². The Morgan fingerprint density at radius 1 is 1.44 bits per heavy atom. The molecule has 7 nitrogen and oxygen atoms in total. The van der Waals surface area contributed by atoms with Gasteiger partial charge in [-0.2, -0.15) is 0 Å². The highest BCUT2D eigenvalue weighted by molar-refractivity contribution is 7.90. The number of hydrogen-bond acceptors (Lipinski definition) is 6. The van der Waals surface area contributed by atoms with Gasteiger partial charge in [0.25, 0.3) is 0 Å². The average molecular weight is 367 g/mol. The second kappa shape index (κ2) is 6.49. The van der Waals surface area contributed by atoms with E-state index in [0.29, 0.717) is 5.56 Å². The molecule has 2 aromatic rings. The van der Waals surface area contributed by atoms with Gasteiger partial charge in [-0.25, -0.2) is 9.18 Å². The molecule has 25 heavy (non-hydrogen) atoms. The second-order valence-corrected chi connectivity index (χ2v) is 6.95. The van der Waals surface area contributed by atoms with Gasteiger partial charge in [0.1, 0.15) is 12.5 Å². The van der Waals surface area contributed by atoms with Crippen LogP contribution in [0.2, 0.25) is 0 Å². The maximum Gasteiger partial charge on any atom is 0.358 e. The number of carbonyl (C=O) groups excluding carboxylic acids is 1. The van der Waals surface area contributed by atoms with Crippen LogP contribution in [0, 0.1) is 5.82 Å². The van der Waals surface area contributed by atoms with E-state index >= 15 is 0 Å². The van der Waals surface area contributed by atoms with Gasteiger partial charge in [0, 0.05) is 0 Å². The van der Waals surface area contributed by atoms with Gasteiger partial charge < -0.3 is 18.9 Å². The fourth-order valence-corrected chi connectivity index (χ4v) is 3.56. The summed E-state index contributed by atoms with van der Waals surface area (Å²) in [7, 11) is 1.22. The van der Waals surface area contributed by atoms with E-state index in [1.807, 2.05) is 0 Å². The quantitative estimate of drug-likeness (QED) is 0.616. The van der Waals surface area contributed by atoms with Crippen molar-refractivity contribution in [1.29, 1.82) is 0 Å². The lowest BCUT2D eigenvalue weighted by Gasteiger charge is -2.16. The van der Waals surface area contributed by atoms with E-state index in [9.17, 15) is 18.5 Å². The Bertz CT molecular complexity index is 859. The average Bonchev–Trinajstić information content (AvgIpc) is 3.28. The van der Waals surface area contributed by atoms with E-state index in [4.69, 9.17) is 9.84 Å². The number of carboxylic acids is 1. The second-order valence-electron chi connectivity index (χ2n) is 5.63. The van der Waals surface area contributed by atoms with Crippen LogP contribution in [-0.2, 0) is 11.2 Å². The van der Waals surface area contributed by atoms with Crippen molar-refractivity contribution in [1.82, 2.24) is 5.16 Å². The van der Waals surface area contributed by atoms with Crippen molar-refractivity contribution in [3.63, 3.8) is 0 Å². The minimum absolute atomic E-state index is 0.0405. The van der Waals surface area contributed by atoms with E-state index in [2.05, 4.69) is 9.68 Å². The summed E-state index contributed by atoms with van der Waals surface area (Å²) >= 11 is -1.75. The zero-order valence-corrected chi connectivity index (χ0v) is 14.2. The van der Waals surface area contributed by atoms with Crippen molar-refractivity contribution < 1.29 is 32.9 Å². The van der Waals surface area contributed by atoms with E-state index < -0.39 is 34.4 Å². The van der Waals surface area contributed by atoms with Crippen LogP contribution >= 0.6 is 0 Å². The molecule has 1 saturated carbocycles. The summed E-state index contributed by atoms with van der Waals surface area (Å²) < 4.78 is 36.5. The molecule has 1 heterocycles. The first-order valence-corrected chi connectivity index (χ1v) is 8.88. The molecular weight excluding hydrogens is 353 g/mol. The van der Waals surface area contributed by atoms with Crippen LogP contribution in [0.5, 0.6) is 5.75 Å². The SMILES string of the molecule is COc1c(F)c(C2CC2)cc(C(=O)c2conc2C(=O)O)c1[S+](C)[O-]. The van der Waals surface area contributed by atoms with Crippen LogP contribution in [0.3, 0.4) is 0 Å². The maximum absolute atomic E-state index is 14.7. The van der Waals surface area contributed by atoms with Crippen LogP contribution in [0.1, 0.15) is 50.7 Å². The van der Waals surface area contributed by atoms with Crippen LogP contribution < -0.4 is 4.74 Å². The molecule has 1 unspecified atom stereocenters. The van der Waals surface area contributed by atoms with Crippen molar-refractivity contribution in [3.05, 3.63) is 40.5 Å². The number of ketones is 1. The maximum atomic E-state index is 14.7. The molecule has 0 spiro atoms. The van der Waals surface area contributed by atoms with Gasteiger partial charge in [0.05, 0.1) is 18.2 Å². The van der Waals surface area contributed by atoms with Gasteiger partial charge in [-0.1, -0.05) is 5.16 Å². The Labute approximate surface area is 144 Å². The number of carbonyl (C=O) groups is 2. The third-order valence-electron chi connectivity index (χ3n) is 3.97. The van der Waals surface area contributed by atoms with Gasteiger partial charge >= 0.3 is 5.97 Å². The highest BCUT2D eigenvalue weighted by atomic mass is 32.2. The Balaban J connectivity index is 2.23. The van der Waals surface area contributed by atoms with Gasteiger partial charge in [-0.15, -0.1) is 0 Å². The Morgan fingerprint density at radius 2 is 2.12 bits per heavy atom. The zero-order chi connectivity index (χ0) is 18.3. The minimum Gasteiger partial charge on any atom is -0.612 e. The summed E-state index contributed by atoms with van der Waals surface area (Å²) in [6.07, 6.45) is 3.74. The zero-order valence-electron chi connectivity index (χ0n) is 13.4. The van der Waals surface area contributed by atoms with Crippen LogP contribution in [-0.4, -0.2) is 39.9 Å². The highest BCUT2D eigenvalue weighted by Gasteiger charge is 2.36. The fraction of sp³-hybridized carbons (Fsp3) is 0.312. The molecule has 9 heteroatoms. The number of rotatable bonds is 6. The monoisotopic (exact) mass is 367 g/mol. The van der Waals surface area contributed by atoms with Crippen molar-refractivity contribution in [2.24, 2.45) is 0 Å². The first-order valence-electron chi connectivity index (χ1n) is 7.33. The number of aromatic carboxylic acids is 1. The number of hydrogen-bond donors (Lipinski definition) is 1. The van der Waals surface area contributed by atoms with E-state index in [1.165, 1.54) is 19.4 Å². The molecule has 0 aliphatic heterocycles. The van der Waals surface area contributed by atoms with Gasteiger partial charge in [0.15, 0.2) is 5.82 Å². The number of halogens is 1. The molecule has 1 aromatic carbocycles. The molecule has 1 aromatic heterocycles. The molecule has 132 valence electrons. The number of nitrogens with zero attached hydrogens (tertiary/aromatic N) is 1. The van der Waals surface area contributed by atoms with Gasteiger partial charge in [-0.05, 0) is 41.6 Å². The Kier molecular flexibility index (Phi) is 4.53. The largest absolute Gasteiger partial charge is 0.612 e. The molecule has 0 radical (unpaired) electrons. The number of aromatic nitrogens is 1. The molecule has 0 amide bonds. The summed E-state index contributed by atoms with van der Waals surface area (Å²) in [6, 6.07) is 1.33. The molecule has 0 saturated heterocycles. The van der Waals surface area contributed by atoms with Crippen molar-refractivity contribution in [3.8, 4) is 5.75 Å². The molecular formula is C16H14FNO6S. The number of carboxylic acid groups (broad SMARTS) is 1. The van der Waals surface area contributed by atoms with Crippen LogP contribution in [0.15, 0.2) is 21.7 Å². The standard InChI is InChI=1S/C16H14FNO6S/c1-23-14-11(17)8(7-3-4-7)5-9(15(14)25(2)22)13(19)10-6-24-18-12(10)16(20)21/h5-7H,3-4H2,1-2H3,(H,20,21). The smallest absolute Gasteiger partial charge is 0.358 e. The minimum atomic E-state index is -1.75. The molecule has 1 aliphatic rings. The van der Waals surface area contributed by atoms with E-state index in [1.54, 1.807) is 0 Å². The molecule has 1 N–H and O–H groups in total. The van der Waals surface area contributed by atoms with Crippen molar-refractivity contribution in [2.75, 3.05) is 13.4 Å².